The van der Waals surface area contributed by atoms with Crippen molar-refractivity contribution in [3.63, 3.8) is 0 Å². The Morgan fingerprint density at radius 1 is 0.957 bits per heavy atom. The Balaban J connectivity index is 2.05. The van der Waals surface area contributed by atoms with Crippen LogP contribution >= 0.6 is 73.9 Å². The van der Waals surface area contributed by atoms with E-state index in [1.165, 1.54) is 18.2 Å². The van der Waals surface area contributed by atoms with Crippen molar-refractivity contribution in [3.8, 4) is 5.75 Å². The Morgan fingerprint density at radius 3 is 2.26 bits per heavy atom. The van der Waals surface area contributed by atoms with E-state index < -0.39 is 5.91 Å². The molecule has 0 aliphatic rings. The third-order valence-corrected chi connectivity index (χ3v) is 4.72. The Labute approximate surface area is 165 Å². The fourth-order valence-electron chi connectivity index (χ4n) is 1.61. The van der Waals surface area contributed by atoms with Crippen LogP contribution in [0.25, 0.3) is 0 Å². The maximum atomic E-state index is 12.0. The van der Waals surface area contributed by atoms with Gasteiger partial charge in [-0.3, -0.25) is 4.79 Å². The number of benzene rings is 2. The van der Waals surface area contributed by atoms with Crippen molar-refractivity contribution < 1.29 is 9.53 Å². The van der Waals surface area contributed by atoms with Gasteiger partial charge in [0, 0.05) is 5.02 Å². The van der Waals surface area contributed by atoms with Gasteiger partial charge in [0.05, 0.1) is 30.3 Å². The van der Waals surface area contributed by atoms with E-state index >= 15 is 0 Å². The minimum Gasteiger partial charge on any atom is -0.481 e. The molecule has 0 aliphatic heterocycles. The van der Waals surface area contributed by atoms with Crippen LogP contribution in [0.3, 0.4) is 0 Å². The lowest BCUT2D eigenvalue weighted by atomic mass is 10.3. The number of anilines is 1. The first kappa shape index (κ1) is 19.0. The summed E-state index contributed by atoms with van der Waals surface area (Å²) < 4.78 is 5.94. The molecule has 9 heteroatoms. The second kappa shape index (κ2) is 8.15. The molecule has 0 bridgehead atoms. The average molecular weight is 478 g/mol. The lowest BCUT2D eigenvalue weighted by Crippen LogP contribution is -2.20. The first-order valence-electron chi connectivity index (χ1n) is 5.99. The smallest absolute Gasteiger partial charge is 0.262 e. The Hall–Kier alpha value is -0.360. The van der Waals surface area contributed by atoms with E-state index in [0.29, 0.717) is 26.0 Å². The normalized spacial score (nSPS) is 10.5. The van der Waals surface area contributed by atoms with Crippen LogP contribution < -0.4 is 10.1 Å². The quantitative estimate of drug-likeness (QED) is 0.495. The molecule has 2 rings (SSSR count). The van der Waals surface area contributed by atoms with Crippen molar-refractivity contribution in [1.29, 1.82) is 0 Å². The maximum absolute atomic E-state index is 12.0. The van der Waals surface area contributed by atoms with Crippen molar-refractivity contribution in [2.75, 3.05) is 11.9 Å². The van der Waals surface area contributed by atoms with E-state index in [1.807, 2.05) is 0 Å². The predicted octanol–water partition coefficient (Wildman–Crippen LogP) is 6.73. The van der Waals surface area contributed by atoms with Crippen molar-refractivity contribution in [2.45, 2.75) is 0 Å². The van der Waals surface area contributed by atoms with Crippen LogP contribution in [0.4, 0.5) is 5.69 Å². The Morgan fingerprint density at radius 2 is 1.61 bits per heavy atom. The predicted molar refractivity (Wildman–Crippen MR) is 99.8 cm³/mol. The van der Waals surface area contributed by atoms with Gasteiger partial charge < -0.3 is 10.1 Å². The number of rotatable bonds is 4. The van der Waals surface area contributed by atoms with Crippen LogP contribution in [0.5, 0.6) is 5.75 Å². The molecule has 0 heterocycles. The summed E-state index contributed by atoms with van der Waals surface area (Å²) in [5.41, 5.74) is 0.330. The molecule has 0 spiro atoms. The molecule has 2 aromatic carbocycles. The maximum Gasteiger partial charge on any atom is 0.262 e. The molecule has 0 radical (unpaired) electrons. The highest BCUT2D eigenvalue weighted by Gasteiger charge is 2.13. The number of carbonyl (C=O) groups excluding carboxylic acids is 1. The van der Waals surface area contributed by atoms with E-state index in [9.17, 15) is 4.79 Å². The van der Waals surface area contributed by atoms with Crippen LogP contribution in [0, 0.1) is 0 Å². The number of amides is 1. The van der Waals surface area contributed by atoms with E-state index in [2.05, 4.69) is 21.2 Å². The fraction of sp³-hybridized carbons (Fsp3) is 0.0714. The zero-order chi connectivity index (χ0) is 17.1. The van der Waals surface area contributed by atoms with Crippen molar-refractivity contribution in [1.82, 2.24) is 0 Å². The summed E-state index contributed by atoms with van der Waals surface area (Å²) in [5.74, 6) is -0.130. The zero-order valence-corrected chi connectivity index (χ0v) is 16.5. The minimum absolute atomic E-state index is 0.262. The van der Waals surface area contributed by atoms with Crippen molar-refractivity contribution in [2.24, 2.45) is 0 Å². The summed E-state index contributed by atoms with van der Waals surface area (Å²) in [6.45, 7) is -0.281. The summed E-state index contributed by atoms with van der Waals surface area (Å²) in [7, 11) is 0. The molecule has 122 valence electrons. The lowest BCUT2D eigenvalue weighted by molar-refractivity contribution is -0.118. The van der Waals surface area contributed by atoms with Crippen LogP contribution in [0.15, 0.2) is 28.7 Å². The highest BCUT2D eigenvalue weighted by atomic mass is 79.9. The van der Waals surface area contributed by atoms with Crippen LogP contribution in [-0.2, 0) is 4.79 Å². The standard InChI is InChI=1S/C14H7BrCl5NO2/c15-7-1-6(16)2-11(20)14(7)23-5-13(22)21-12-4-9(18)8(17)3-10(12)19/h1-4H,5H2,(H,21,22). The second-order valence-electron chi connectivity index (χ2n) is 4.28. The molecule has 2 aromatic rings. The molecule has 0 aliphatic carbocycles. The largest absolute Gasteiger partial charge is 0.481 e. The molecular formula is C14H7BrCl5NO2. The third-order valence-electron chi connectivity index (χ3n) is 2.59. The summed E-state index contributed by atoms with van der Waals surface area (Å²) in [4.78, 5) is 12.0. The molecule has 3 nitrogen and oxygen atoms in total. The van der Waals surface area contributed by atoms with E-state index in [0.717, 1.165) is 0 Å². The number of carbonyl (C=O) groups is 1. The van der Waals surface area contributed by atoms with Gasteiger partial charge in [-0.25, -0.2) is 0 Å². The third kappa shape index (κ3) is 5.05. The molecule has 0 saturated heterocycles. The topological polar surface area (TPSA) is 38.3 Å². The summed E-state index contributed by atoms with van der Waals surface area (Å²) >= 11 is 32.8. The van der Waals surface area contributed by atoms with Gasteiger partial charge in [0.25, 0.3) is 5.91 Å². The van der Waals surface area contributed by atoms with Crippen LogP contribution in [0.1, 0.15) is 0 Å². The van der Waals surface area contributed by atoms with Gasteiger partial charge in [-0.2, -0.15) is 0 Å². The van der Waals surface area contributed by atoms with Crippen molar-refractivity contribution >= 4 is 85.5 Å². The van der Waals surface area contributed by atoms with Crippen LogP contribution in [-0.4, -0.2) is 12.5 Å². The van der Waals surface area contributed by atoms with Gasteiger partial charge in [-0.05, 0) is 40.2 Å². The fourth-order valence-corrected chi connectivity index (χ4v) is 3.57. The van der Waals surface area contributed by atoms with Gasteiger partial charge >= 0.3 is 0 Å². The van der Waals surface area contributed by atoms with Gasteiger partial charge in [-0.1, -0.05) is 58.0 Å². The Kier molecular flexibility index (Phi) is 6.72. The monoisotopic (exact) mass is 475 g/mol. The number of hydrogen-bond acceptors (Lipinski definition) is 2. The molecule has 0 unspecified atom stereocenters. The van der Waals surface area contributed by atoms with Gasteiger partial charge in [0.1, 0.15) is 0 Å². The van der Waals surface area contributed by atoms with Gasteiger partial charge in [-0.15, -0.1) is 0 Å². The molecule has 23 heavy (non-hydrogen) atoms. The highest BCUT2D eigenvalue weighted by Crippen LogP contribution is 2.36. The van der Waals surface area contributed by atoms with Gasteiger partial charge in [0.2, 0.25) is 0 Å². The SMILES string of the molecule is O=C(COc1c(Cl)cc(Cl)cc1Br)Nc1cc(Cl)c(Cl)cc1Cl. The number of ether oxygens (including phenoxy) is 1. The second-order valence-corrected chi connectivity index (χ2v) is 7.20. The highest BCUT2D eigenvalue weighted by molar-refractivity contribution is 9.10. The molecule has 1 N–H and O–H groups in total. The lowest BCUT2D eigenvalue weighted by Gasteiger charge is -2.12. The van der Waals surface area contributed by atoms with E-state index in [4.69, 9.17) is 62.7 Å². The van der Waals surface area contributed by atoms with Crippen LogP contribution in [0.2, 0.25) is 25.1 Å². The van der Waals surface area contributed by atoms with Gasteiger partial charge in [0.15, 0.2) is 12.4 Å². The van der Waals surface area contributed by atoms with E-state index in [1.54, 1.807) is 6.07 Å². The molecular weight excluding hydrogens is 471 g/mol. The number of hydrogen-bond donors (Lipinski definition) is 1. The molecule has 0 atom stereocenters. The molecule has 1 amide bonds. The summed E-state index contributed by atoms with van der Waals surface area (Å²) in [5, 5.41) is 4.13. The molecule has 0 saturated carbocycles. The number of nitrogens with one attached hydrogen (secondary N) is 1. The Bertz CT molecular complexity index is 746. The van der Waals surface area contributed by atoms with Crippen molar-refractivity contribution in [3.05, 3.63) is 53.9 Å². The zero-order valence-electron chi connectivity index (χ0n) is 11.1. The van der Waals surface area contributed by atoms with E-state index in [-0.39, 0.29) is 21.7 Å². The first-order chi connectivity index (χ1) is 10.8. The molecule has 0 aromatic heterocycles. The summed E-state index contributed by atoms with van der Waals surface area (Å²) in [6.07, 6.45) is 0. The summed E-state index contributed by atoms with van der Waals surface area (Å²) in [6, 6.07) is 6.01. The average Bonchev–Trinajstić information content (AvgIpc) is 2.43. The number of halogens is 6. The minimum atomic E-state index is -0.441. The first-order valence-corrected chi connectivity index (χ1v) is 8.68. The molecule has 0 fully saturated rings.